The van der Waals surface area contributed by atoms with Gasteiger partial charge in [-0.2, -0.15) is 0 Å². The maximum absolute atomic E-state index is 5.56. The molecule has 0 aliphatic rings. The van der Waals surface area contributed by atoms with Gasteiger partial charge < -0.3 is 5.32 Å². The third-order valence-corrected chi connectivity index (χ3v) is 1.72. The molecule has 0 spiro atoms. The SMILES string of the molecule is CCNC(=S)NNc1ccc(Cl)nn1. The van der Waals surface area contributed by atoms with Crippen LogP contribution in [0.3, 0.4) is 0 Å². The van der Waals surface area contributed by atoms with Crippen molar-refractivity contribution in [1.82, 2.24) is 20.9 Å². The molecule has 0 unspecified atom stereocenters. The van der Waals surface area contributed by atoms with E-state index in [0.717, 1.165) is 6.54 Å². The quantitative estimate of drug-likeness (QED) is 0.532. The maximum atomic E-state index is 5.56. The van der Waals surface area contributed by atoms with Crippen molar-refractivity contribution < 1.29 is 0 Å². The fourth-order valence-electron chi connectivity index (χ4n) is 0.708. The predicted octanol–water partition coefficient (Wildman–Crippen LogP) is 0.941. The second-order valence-electron chi connectivity index (χ2n) is 2.35. The van der Waals surface area contributed by atoms with Gasteiger partial charge in [-0.05, 0) is 31.3 Å². The van der Waals surface area contributed by atoms with Crippen LogP contribution in [0.2, 0.25) is 5.15 Å². The fraction of sp³-hybridized carbons (Fsp3) is 0.286. The van der Waals surface area contributed by atoms with E-state index in [1.54, 1.807) is 12.1 Å². The van der Waals surface area contributed by atoms with Gasteiger partial charge in [-0.25, -0.2) is 0 Å². The highest BCUT2D eigenvalue weighted by molar-refractivity contribution is 7.80. The molecule has 0 aliphatic carbocycles. The first-order valence-electron chi connectivity index (χ1n) is 4.01. The second kappa shape index (κ2) is 5.56. The minimum absolute atomic E-state index is 0.352. The number of aromatic nitrogens is 2. The van der Waals surface area contributed by atoms with Crippen LogP contribution in [0.25, 0.3) is 0 Å². The Kier molecular flexibility index (Phi) is 4.34. The lowest BCUT2D eigenvalue weighted by molar-refractivity contribution is 0.914. The van der Waals surface area contributed by atoms with E-state index in [-0.39, 0.29) is 0 Å². The largest absolute Gasteiger partial charge is 0.362 e. The van der Waals surface area contributed by atoms with E-state index >= 15 is 0 Å². The van der Waals surface area contributed by atoms with Gasteiger partial charge in [0.1, 0.15) is 0 Å². The molecule has 0 atom stereocenters. The minimum Gasteiger partial charge on any atom is -0.362 e. The van der Waals surface area contributed by atoms with Gasteiger partial charge in [-0.1, -0.05) is 11.6 Å². The molecule has 0 saturated heterocycles. The molecule has 7 heteroatoms. The highest BCUT2D eigenvalue weighted by Gasteiger charge is 1.95. The van der Waals surface area contributed by atoms with Crippen molar-refractivity contribution in [1.29, 1.82) is 0 Å². The number of rotatable bonds is 3. The van der Waals surface area contributed by atoms with Gasteiger partial charge >= 0.3 is 0 Å². The molecule has 5 nitrogen and oxygen atoms in total. The first kappa shape index (κ1) is 10.9. The van der Waals surface area contributed by atoms with Crippen LogP contribution in [0.4, 0.5) is 5.82 Å². The summed E-state index contributed by atoms with van der Waals surface area (Å²) in [5, 5.41) is 11.2. The smallest absolute Gasteiger partial charge is 0.185 e. The third kappa shape index (κ3) is 3.71. The monoisotopic (exact) mass is 231 g/mol. The summed E-state index contributed by atoms with van der Waals surface area (Å²) >= 11 is 10.5. The Morgan fingerprint density at radius 1 is 1.50 bits per heavy atom. The molecule has 1 rings (SSSR count). The fourth-order valence-corrected chi connectivity index (χ4v) is 1.00. The number of hydrogen-bond acceptors (Lipinski definition) is 4. The zero-order valence-corrected chi connectivity index (χ0v) is 9.11. The molecule has 0 fully saturated rings. The van der Waals surface area contributed by atoms with Gasteiger partial charge in [0, 0.05) is 6.54 Å². The Hall–Kier alpha value is -1.14. The van der Waals surface area contributed by atoms with Gasteiger partial charge in [0.05, 0.1) is 0 Å². The predicted molar refractivity (Wildman–Crippen MR) is 60.1 cm³/mol. The van der Waals surface area contributed by atoms with E-state index in [9.17, 15) is 0 Å². The van der Waals surface area contributed by atoms with Crippen LogP contribution in [-0.4, -0.2) is 21.9 Å². The molecule has 0 radical (unpaired) electrons. The number of thiocarbonyl (C=S) groups is 1. The molecule has 0 saturated carbocycles. The Bertz CT molecular complexity index is 301. The number of hydrazine groups is 1. The molecule has 1 aromatic heterocycles. The molecule has 76 valence electrons. The average molecular weight is 232 g/mol. The summed E-state index contributed by atoms with van der Waals surface area (Å²) in [4.78, 5) is 0. The van der Waals surface area contributed by atoms with E-state index in [1.165, 1.54) is 0 Å². The summed E-state index contributed by atoms with van der Waals surface area (Å²) in [6, 6.07) is 3.33. The number of halogens is 1. The van der Waals surface area contributed by atoms with E-state index in [4.69, 9.17) is 23.8 Å². The van der Waals surface area contributed by atoms with Crippen LogP contribution < -0.4 is 16.2 Å². The molecule has 1 heterocycles. The van der Waals surface area contributed by atoms with Crippen molar-refractivity contribution in [2.24, 2.45) is 0 Å². The van der Waals surface area contributed by atoms with E-state index < -0.39 is 0 Å². The minimum atomic E-state index is 0.352. The van der Waals surface area contributed by atoms with Gasteiger partial charge in [-0.15, -0.1) is 10.2 Å². The maximum Gasteiger partial charge on any atom is 0.185 e. The normalized spacial score (nSPS) is 9.29. The molecule has 0 aliphatic heterocycles. The van der Waals surface area contributed by atoms with Crippen LogP contribution >= 0.6 is 23.8 Å². The topological polar surface area (TPSA) is 61.9 Å². The van der Waals surface area contributed by atoms with Crippen molar-refractivity contribution >= 4 is 34.7 Å². The first-order valence-corrected chi connectivity index (χ1v) is 4.80. The lowest BCUT2D eigenvalue weighted by Gasteiger charge is -2.09. The van der Waals surface area contributed by atoms with Crippen molar-refractivity contribution in [3.8, 4) is 0 Å². The van der Waals surface area contributed by atoms with Crippen molar-refractivity contribution in [2.45, 2.75) is 6.92 Å². The Balaban J connectivity index is 2.38. The molecular formula is C7H10ClN5S. The first-order chi connectivity index (χ1) is 6.72. The highest BCUT2D eigenvalue weighted by Crippen LogP contribution is 2.04. The number of hydrogen-bond donors (Lipinski definition) is 3. The van der Waals surface area contributed by atoms with E-state index in [0.29, 0.717) is 16.1 Å². The molecule has 1 aromatic rings. The number of nitrogens with zero attached hydrogens (tertiary/aromatic N) is 2. The molecule has 14 heavy (non-hydrogen) atoms. The summed E-state index contributed by atoms with van der Waals surface area (Å²) in [5.41, 5.74) is 5.51. The van der Waals surface area contributed by atoms with Crippen molar-refractivity contribution in [3.05, 3.63) is 17.3 Å². The van der Waals surface area contributed by atoms with Crippen molar-refractivity contribution in [3.63, 3.8) is 0 Å². The molecular weight excluding hydrogens is 222 g/mol. The molecule has 0 bridgehead atoms. The van der Waals surface area contributed by atoms with E-state index in [1.807, 2.05) is 6.92 Å². The molecule has 0 aromatic carbocycles. The van der Waals surface area contributed by atoms with Gasteiger partial charge in [0.25, 0.3) is 0 Å². The zero-order valence-electron chi connectivity index (χ0n) is 7.54. The van der Waals surface area contributed by atoms with Crippen LogP contribution in [0, 0.1) is 0 Å². The van der Waals surface area contributed by atoms with Gasteiger partial charge in [-0.3, -0.25) is 10.9 Å². The van der Waals surface area contributed by atoms with Crippen LogP contribution in [0.5, 0.6) is 0 Å². The van der Waals surface area contributed by atoms with Crippen LogP contribution in [-0.2, 0) is 0 Å². The second-order valence-corrected chi connectivity index (χ2v) is 3.15. The Morgan fingerprint density at radius 3 is 2.86 bits per heavy atom. The molecule has 3 N–H and O–H groups in total. The zero-order chi connectivity index (χ0) is 10.4. The standard InChI is InChI=1S/C7H10ClN5S/c1-2-9-7(14)13-12-6-4-3-5(8)10-11-6/h3-4H,2H2,1H3,(H,11,12)(H2,9,13,14). The summed E-state index contributed by atoms with van der Waals surface area (Å²) in [5.74, 6) is 0.551. The Labute approximate surface area is 92.2 Å². The third-order valence-electron chi connectivity index (χ3n) is 1.27. The van der Waals surface area contributed by atoms with Gasteiger partial charge in [0.2, 0.25) is 0 Å². The lowest BCUT2D eigenvalue weighted by atomic mass is 10.5. The highest BCUT2D eigenvalue weighted by atomic mass is 35.5. The number of nitrogens with one attached hydrogen (secondary N) is 3. The van der Waals surface area contributed by atoms with Crippen molar-refractivity contribution in [2.75, 3.05) is 12.0 Å². The average Bonchev–Trinajstić information content (AvgIpc) is 2.17. The summed E-state index contributed by atoms with van der Waals surface area (Å²) < 4.78 is 0. The summed E-state index contributed by atoms with van der Waals surface area (Å²) in [7, 11) is 0. The van der Waals surface area contributed by atoms with E-state index in [2.05, 4.69) is 26.4 Å². The summed E-state index contributed by atoms with van der Waals surface area (Å²) in [6.45, 7) is 2.72. The lowest BCUT2D eigenvalue weighted by Crippen LogP contribution is -2.38. The number of anilines is 1. The van der Waals surface area contributed by atoms with Crippen LogP contribution in [0.1, 0.15) is 6.92 Å². The molecule has 0 amide bonds. The summed E-state index contributed by atoms with van der Waals surface area (Å²) in [6.07, 6.45) is 0. The van der Waals surface area contributed by atoms with Crippen LogP contribution in [0.15, 0.2) is 12.1 Å². The Morgan fingerprint density at radius 2 is 2.29 bits per heavy atom. The van der Waals surface area contributed by atoms with Gasteiger partial charge in [0.15, 0.2) is 16.1 Å².